The maximum Gasteiger partial charge on any atom is 0.336 e. The molecule has 0 bridgehead atoms. The van der Waals surface area contributed by atoms with Gasteiger partial charge in [0, 0.05) is 23.5 Å². The van der Waals surface area contributed by atoms with Crippen molar-refractivity contribution in [1.29, 1.82) is 0 Å². The molecule has 0 unspecified atom stereocenters. The van der Waals surface area contributed by atoms with Crippen LogP contribution in [0.25, 0.3) is 10.8 Å². The fraction of sp³-hybridized carbons (Fsp3) is 0.286. The molecule has 2 aromatic rings. The minimum atomic E-state index is -0.948. The molecule has 0 saturated carbocycles. The second-order valence-electron chi connectivity index (χ2n) is 4.47. The first-order valence-electron chi connectivity index (χ1n) is 5.98. The molecule has 19 heavy (non-hydrogen) atoms. The molecule has 0 saturated heterocycles. The largest absolute Gasteiger partial charge is 0.478 e. The van der Waals surface area contributed by atoms with Crippen molar-refractivity contribution >= 4 is 16.7 Å². The fourth-order valence-corrected chi connectivity index (χ4v) is 1.81. The topological polar surface area (TPSA) is 62.7 Å². The van der Waals surface area contributed by atoms with E-state index in [1.807, 2.05) is 25.1 Å². The molecule has 1 aromatic heterocycles. The molecule has 5 nitrogen and oxygen atoms in total. The Hall–Kier alpha value is -2.14. The van der Waals surface area contributed by atoms with Crippen LogP contribution < -0.4 is 4.74 Å². The van der Waals surface area contributed by atoms with Crippen molar-refractivity contribution in [3.05, 3.63) is 36.0 Å². The lowest BCUT2D eigenvalue weighted by Crippen LogP contribution is -2.19. The van der Waals surface area contributed by atoms with Crippen molar-refractivity contribution < 1.29 is 14.6 Å². The van der Waals surface area contributed by atoms with Gasteiger partial charge in [0.2, 0.25) is 5.88 Å². The monoisotopic (exact) mass is 260 g/mol. The molecule has 1 aromatic carbocycles. The van der Waals surface area contributed by atoms with Gasteiger partial charge in [-0.1, -0.05) is 6.07 Å². The summed E-state index contributed by atoms with van der Waals surface area (Å²) in [5.41, 5.74) is 0.261. The normalized spacial score (nSPS) is 10.9. The number of hydrogen-bond donors (Lipinski definition) is 1. The van der Waals surface area contributed by atoms with Crippen molar-refractivity contribution in [2.24, 2.45) is 0 Å². The molecule has 0 fully saturated rings. The average Bonchev–Trinajstić information content (AvgIpc) is 2.37. The number of rotatable bonds is 5. The summed E-state index contributed by atoms with van der Waals surface area (Å²) in [7, 11) is 3.92. The van der Waals surface area contributed by atoms with E-state index in [9.17, 15) is 4.79 Å². The Balaban J connectivity index is 2.35. The van der Waals surface area contributed by atoms with E-state index >= 15 is 0 Å². The van der Waals surface area contributed by atoms with Gasteiger partial charge >= 0.3 is 5.97 Å². The molecule has 0 spiro atoms. The van der Waals surface area contributed by atoms with Crippen LogP contribution in [0.2, 0.25) is 0 Å². The van der Waals surface area contributed by atoms with Gasteiger partial charge in [0.15, 0.2) is 0 Å². The van der Waals surface area contributed by atoms with E-state index in [4.69, 9.17) is 9.84 Å². The molecule has 1 heterocycles. The zero-order valence-corrected chi connectivity index (χ0v) is 11.0. The van der Waals surface area contributed by atoms with Crippen LogP contribution in [-0.2, 0) is 0 Å². The van der Waals surface area contributed by atoms with Gasteiger partial charge in [0.05, 0.1) is 5.56 Å². The van der Waals surface area contributed by atoms with Gasteiger partial charge in [-0.2, -0.15) is 0 Å². The second-order valence-corrected chi connectivity index (χ2v) is 4.47. The highest BCUT2D eigenvalue weighted by atomic mass is 16.5. The van der Waals surface area contributed by atoms with Crippen molar-refractivity contribution in [2.75, 3.05) is 27.2 Å². The molecule has 0 amide bonds. The van der Waals surface area contributed by atoms with E-state index in [1.165, 1.54) is 0 Å². The van der Waals surface area contributed by atoms with E-state index < -0.39 is 5.97 Å². The van der Waals surface area contributed by atoms with Crippen LogP contribution >= 0.6 is 0 Å². The molecule has 0 radical (unpaired) electrons. The Labute approximate surface area is 111 Å². The molecule has 100 valence electrons. The Morgan fingerprint density at radius 1 is 1.32 bits per heavy atom. The molecule has 0 aliphatic rings. The SMILES string of the molecule is CN(C)CCOc1nccc2c(C(=O)O)cccc12. The minimum Gasteiger partial charge on any atom is -0.478 e. The van der Waals surface area contributed by atoms with Crippen molar-refractivity contribution in [2.45, 2.75) is 0 Å². The van der Waals surface area contributed by atoms with Gasteiger partial charge in [0.1, 0.15) is 6.61 Å². The minimum absolute atomic E-state index is 0.261. The van der Waals surface area contributed by atoms with Crippen LogP contribution in [0.4, 0.5) is 0 Å². The standard InChI is InChI=1S/C14H16N2O3/c1-16(2)8-9-19-13-11-4-3-5-12(14(17)18)10(11)6-7-15-13/h3-7H,8-9H2,1-2H3,(H,17,18). The van der Waals surface area contributed by atoms with Gasteiger partial charge in [-0.05, 0) is 32.3 Å². The number of carboxylic acids is 1. The van der Waals surface area contributed by atoms with Gasteiger partial charge in [-0.3, -0.25) is 0 Å². The number of pyridine rings is 1. The van der Waals surface area contributed by atoms with E-state index in [-0.39, 0.29) is 5.56 Å². The average molecular weight is 260 g/mol. The molecule has 5 heteroatoms. The quantitative estimate of drug-likeness (QED) is 0.889. The van der Waals surface area contributed by atoms with Crippen LogP contribution in [-0.4, -0.2) is 48.2 Å². The number of ether oxygens (including phenoxy) is 1. The third-order valence-corrected chi connectivity index (χ3v) is 2.78. The van der Waals surface area contributed by atoms with Crippen molar-refractivity contribution in [3.63, 3.8) is 0 Å². The van der Waals surface area contributed by atoms with Gasteiger partial charge in [0.25, 0.3) is 0 Å². The summed E-state index contributed by atoms with van der Waals surface area (Å²) < 4.78 is 5.62. The van der Waals surface area contributed by atoms with E-state index in [0.717, 1.165) is 11.9 Å². The van der Waals surface area contributed by atoms with Crippen LogP contribution in [0.15, 0.2) is 30.5 Å². The number of carbonyl (C=O) groups is 1. The second kappa shape index (κ2) is 5.67. The summed E-state index contributed by atoms with van der Waals surface area (Å²) in [6.45, 7) is 1.28. The van der Waals surface area contributed by atoms with Crippen LogP contribution in [0, 0.1) is 0 Å². The maximum atomic E-state index is 11.2. The fourth-order valence-electron chi connectivity index (χ4n) is 1.81. The Morgan fingerprint density at radius 2 is 2.11 bits per heavy atom. The maximum absolute atomic E-state index is 11.2. The summed E-state index contributed by atoms with van der Waals surface area (Å²) in [4.78, 5) is 17.3. The first-order valence-corrected chi connectivity index (χ1v) is 5.98. The first kappa shape index (κ1) is 13.3. The number of benzene rings is 1. The Morgan fingerprint density at radius 3 is 2.79 bits per heavy atom. The highest BCUT2D eigenvalue weighted by Gasteiger charge is 2.11. The van der Waals surface area contributed by atoms with Crippen LogP contribution in [0.3, 0.4) is 0 Å². The lowest BCUT2D eigenvalue weighted by Gasteiger charge is -2.12. The van der Waals surface area contributed by atoms with Crippen LogP contribution in [0.5, 0.6) is 5.88 Å². The number of hydrogen-bond acceptors (Lipinski definition) is 4. The zero-order chi connectivity index (χ0) is 13.8. The summed E-state index contributed by atoms with van der Waals surface area (Å²) in [6, 6.07) is 6.79. The highest BCUT2D eigenvalue weighted by molar-refractivity contribution is 6.04. The Bertz CT molecular complexity index is 596. The first-order chi connectivity index (χ1) is 9.09. The van der Waals surface area contributed by atoms with E-state index in [0.29, 0.717) is 17.9 Å². The molecule has 0 aliphatic carbocycles. The molecule has 0 atom stereocenters. The lowest BCUT2D eigenvalue weighted by atomic mass is 10.1. The summed E-state index contributed by atoms with van der Waals surface area (Å²) in [5.74, 6) is -0.474. The molecular weight excluding hydrogens is 244 g/mol. The smallest absolute Gasteiger partial charge is 0.336 e. The number of likely N-dealkylation sites (N-methyl/N-ethyl adjacent to an activating group) is 1. The van der Waals surface area contributed by atoms with Crippen LogP contribution in [0.1, 0.15) is 10.4 Å². The zero-order valence-electron chi connectivity index (χ0n) is 11.0. The van der Waals surface area contributed by atoms with Crippen molar-refractivity contribution in [1.82, 2.24) is 9.88 Å². The Kier molecular flexibility index (Phi) is 3.97. The van der Waals surface area contributed by atoms with E-state index in [2.05, 4.69) is 4.98 Å². The third kappa shape index (κ3) is 3.00. The number of carboxylic acid groups (broad SMARTS) is 1. The summed E-state index contributed by atoms with van der Waals surface area (Å²) in [5, 5.41) is 10.5. The third-order valence-electron chi connectivity index (χ3n) is 2.78. The molecular formula is C14H16N2O3. The van der Waals surface area contributed by atoms with Gasteiger partial charge < -0.3 is 14.7 Å². The predicted octanol–water partition coefficient (Wildman–Crippen LogP) is 1.87. The number of nitrogens with zero attached hydrogens (tertiary/aromatic N) is 2. The van der Waals surface area contributed by atoms with Gasteiger partial charge in [-0.25, -0.2) is 9.78 Å². The van der Waals surface area contributed by atoms with E-state index in [1.54, 1.807) is 24.4 Å². The van der Waals surface area contributed by atoms with Gasteiger partial charge in [-0.15, -0.1) is 0 Å². The molecule has 0 aliphatic heterocycles. The predicted molar refractivity (Wildman–Crippen MR) is 72.8 cm³/mol. The lowest BCUT2D eigenvalue weighted by molar-refractivity contribution is 0.0699. The number of aromatic carboxylic acids is 1. The van der Waals surface area contributed by atoms with Crippen molar-refractivity contribution in [3.8, 4) is 5.88 Å². The summed E-state index contributed by atoms with van der Waals surface area (Å²) >= 11 is 0. The number of aromatic nitrogens is 1. The molecule has 2 rings (SSSR count). The number of fused-ring (bicyclic) bond motifs is 1. The molecule has 1 N–H and O–H groups in total. The summed E-state index contributed by atoms with van der Waals surface area (Å²) in [6.07, 6.45) is 1.57. The highest BCUT2D eigenvalue weighted by Crippen LogP contribution is 2.25.